The number of hydrogen-bond donors (Lipinski definition) is 1. The second-order valence-electron chi connectivity index (χ2n) is 2.92. The van der Waals surface area contributed by atoms with E-state index in [1.807, 2.05) is 30.3 Å². The number of carbonyl (C=O) groups excluding carboxylic acids is 1. The third-order valence-electron chi connectivity index (χ3n) is 1.85. The minimum Gasteiger partial charge on any atom is -0.344 e. The monoisotopic (exact) mass is 221 g/mol. The Bertz CT molecular complexity index is 378. The van der Waals surface area contributed by atoms with Gasteiger partial charge in [0.15, 0.2) is 0 Å². The average molecular weight is 222 g/mol. The van der Waals surface area contributed by atoms with Crippen molar-refractivity contribution in [2.24, 2.45) is 0 Å². The normalized spacial score (nSPS) is 11.1. The predicted octanol–water partition coefficient (Wildman–Crippen LogP) is 2.11. The van der Waals surface area contributed by atoms with E-state index in [2.05, 4.69) is 17.2 Å². The summed E-state index contributed by atoms with van der Waals surface area (Å²) < 4.78 is 0. The first kappa shape index (κ1) is 11.6. The van der Waals surface area contributed by atoms with E-state index < -0.39 is 5.38 Å². The number of hydrogen-bond acceptors (Lipinski definition) is 1. The molecule has 0 spiro atoms. The highest BCUT2D eigenvalue weighted by molar-refractivity contribution is 6.30. The second-order valence-corrected chi connectivity index (χ2v) is 3.35. The zero-order chi connectivity index (χ0) is 11.1. The lowest BCUT2D eigenvalue weighted by atomic mass is 10.1. The summed E-state index contributed by atoms with van der Waals surface area (Å²) in [6, 6.07) is 9.23. The van der Waals surface area contributed by atoms with Crippen molar-refractivity contribution < 1.29 is 4.79 Å². The van der Waals surface area contributed by atoms with E-state index in [0.717, 1.165) is 5.56 Å². The fourth-order valence-corrected chi connectivity index (χ4v) is 1.31. The summed E-state index contributed by atoms with van der Waals surface area (Å²) in [5.41, 5.74) is 0.793. The maximum Gasteiger partial charge on any atom is 0.243 e. The van der Waals surface area contributed by atoms with Gasteiger partial charge in [0.2, 0.25) is 5.91 Å². The van der Waals surface area contributed by atoms with Crippen molar-refractivity contribution in [1.82, 2.24) is 5.32 Å². The number of alkyl halides is 1. The van der Waals surface area contributed by atoms with Gasteiger partial charge in [0.05, 0.1) is 6.54 Å². The highest BCUT2D eigenvalue weighted by Crippen LogP contribution is 2.19. The molecule has 0 bridgehead atoms. The van der Waals surface area contributed by atoms with Crippen molar-refractivity contribution in [3.63, 3.8) is 0 Å². The Morgan fingerprint density at radius 1 is 1.47 bits per heavy atom. The van der Waals surface area contributed by atoms with Crippen LogP contribution in [0.4, 0.5) is 0 Å². The molecule has 78 valence electrons. The first-order valence-corrected chi connectivity index (χ1v) is 5.05. The van der Waals surface area contributed by atoms with Crippen molar-refractivity contribution in [3.05, 3.63) is 35.9 Å². The molecule has 1 N–H and O–H groups in total. The summed E-state index contributed by atoms with van der Waals surface area (Å²) in [4.78, 5) is 11.5. The van der Waals surface area contributed by atoms with Gasteiger partial charge in [-0.15, -0.1) is 17.5 Å². The largest absolute Gasteiger partial charge is 0.344 e. The van der Waals surface area contributed by atoms with Crippen molar-refractivity contribution >= 4 is 17.5 Å². The smallest absolute Gasteiger partial charge is 0.243 e. The molecule has 1 rings (SSSR count). The number of halogens is 1. The van der Waals surface area contributed by atoms with E-state index in [1.54, 1.807) is 6.92 Å². The molecule has 0 aliphatic rings. The van der Waals surface area contributed by atoms with Crippen LogP contribution in [-0.2, 0) is 4.79 Å². The van der Waals surface area contributed by atoms with Gasteiger partial charge in [0.25, 0.3) is 0 Å². The molecule has 0 saturated carbocycles. The lowest BCUT2D eigenvalue weighted by Gasteiger charge is -2.08. The van der Waals surface area contributed by atoms with Gasteiger partial charge in [-0.25, -0.2) is 0 Å². The molecule has 1 amide bonds. The molecule has 1 atom stereocenters. The third kappa shape index (κ3) is 3.65. The standard InChI is InChI=1S/C12H12ClNO/c1-2-3-9-14-12(15)11(13)10-7-5-4-6-8-10/h4-8,11H,9H2,1H3,(H,14,15). The Morgan fingerprint density at radius 2 is 2.13 bits per heavy atom. The topological polar surface area (TPSA) is 29.1 Å². The Hall–Kier alpha value is -1.46. The Kier molecular flexibility index (Phi) is 4.73. The molecule has 0 aliphatic carbocycles. The van der Waals surface area contributed by atoms with E-state index >= 15 is 0 Å². The summed E-state index contributed by atoms with van der Waals surface area (Å²) >= 11 is 5.98. The van der Waals surface area contributed by atoms with Gasteiger partial charge in [-0.1, -0.05) is 36.3 Å². The van der Waals surface area contributed by atoms with Crippen molar-refractivity contribution in [2.75, 3.05) is 6.54 Å². The molecular formula is C12H12ClNO. The minimum absolute atomic E-state index is 0.217. The van der Waals surface area contributed by atoms with Crippen LogP contribution in [0.5, 0.6) is 0 Å². The Morgan fingerprint density at radius 3 is 2.73 bits per heavy atom. The van der Waals surface area contributed by atoms with Crippen molar-refractivity contribution in [1.29, 1.82) is 0 Å². The molecule has 15 heavy (non-hydrogen) atoms. The highest BCUT2D eigenvalue weighted by atomic mass is 35.5. The Labute approximate surface area is 94.6 Å². The number of benzene rings is 1. The molecular weight excluding hydrogens is 210 g/mol. The van der Waals surface area contributed by atoms with E-state index in [4.69, 9.17) is 11.6 Å². The zero-order valence-electron chi connectivity index (χ0n) is 8.46. The zero-order valence-corrected chi connectivity index (χ0v) is 9.21. The average Bonchev–Trinajstić information content (AvgIpc) is 2.29. The molecule has 0 fully saturated rings. The van der Waals surface area contributed by atoms with Gasteiger partial charge in [0.1, 0.15) is 5.38 Å². The molecule has 1 aromatic carbocycles. The summed E-state index contributed by atoms with van der Waals surface area (Å²) in [5.74, 6) is 5.22. The predicted molar refractivity (Wildman–Crippen MR) is 61.5 cm³/mol. The maximum atomic E-state index is 11.5. The van der Waals surface area contributed by atoms with Gasteiger partial charge >= 0.3 is 0 Å². The molecule has 2 nitrogen and oxygen atoms in total. The summed E-state index contributed by atoms with van der Waals surface area (Å²) in [6.07, 6.45) is 0. The van der Waals surface area contributed by atoms with E-state index in [1.165, 1.54) is 0 Å². The molecule has 0 aliphatic heterocycles. The van der Waals surface area contributed by atoms with Gasteiger partial charge < -0.3 is 5.32 Å². The van der Waals surface area contributed by atoms with Crippen LogP contribution in [0.2, 0.25) is 0 Å². The molecule has 1 aromatic rings. The third-order valence-corrected chi connectivity index (χ3v) is 2.30. The van der Waals surface area contributed by atoms with Gasteiger partial charge in [0, 0.05) is 0 Å². The van der Waals surface area contributed by atoms with Crippen LogP contribution in [0.25, 0.3) is 0 Å². The summed E-state index contributed by atoms with van der Waals surface area (Å²) in [7, 11) is 0. The summed E-state index contributed by atoms with van der Waals surface area (Å²) in [6.45, 7) is 2.06. The SMILES string of the molecule is CC#CCNC(=O)C(Cl)c1ccccc1. The fraction of sp³-hybridized carbons (Fsp3) is 0.250. The van der Waals surface area contributed by atoms with Gasteiger partial charge in [-0.2, -0.15) is 0 Å². The molecule has 0 radical (unpaired) electrons. The molecule has 0 aromatic heterocycles. The number of rotatable bonds is 3. The first-order chi connectivity index (χ1) is 7.25. The van der Waals surface area contributed by atoms with E-state index in [-0.39, 0.29) is 5.91 Å². The van der Waals surface area contributed by atoms with Gasteiger partial charge in [-0.3, -0.25) is 4.79 Å². The van der Waals surface area contributed by atoms with Crippen molar-refractivity contribution in [2.45, 2.75) is 12.3 Å². The number of amides is 1. The van der Waals surface area contributed by atoms with Crippen LogP contribution in [0.15, 0.2) is 30.3 Å². The van der Waals surface area contributed by atoms with E-state index in [9.17, 15) is 4.79 Å². The second kappa shape index (κ2) is 6.10. The van der Waals surface area contributed by atoms with Crippen LogP contribution < -0.4 is 5.32 Å². The van der Waals surface area contributed by atoms with Gasteiger partial charge in [-0.05, 0) is 12.5 Å². The minimum atomic E-state index is -0.648. The first-order valence-electron chi connectivity index (χ1n) is 4.62. The van der Waals surface area contributed by atoms with Crippen LogP contribution in [0, 0.1) is 11.8 Å². The fourth-order valence-electron chi connectivity index (χ4n) is 1.08. The molecule has 3 heteroatoms. The summed E-state index contributed by atoms with van der Waals surface area (Å²) in [5, 5.41) is 1.99. The van der Waals surface area contributed by atoms with E-state index in [0.29, 0.717) is 6.54 Å². The van der Waals surface area contributed by atoms with Crippen molar-refractivity contribution in [3.8, 4) is 11.8 Å². The highest BCUT2D eigenvalue weighted by Gasteiger charge is 2.15. The lowest BCUT2D eigenvalue weighted by molar-refractivity contribution is -0.120. The van der Waals surface area contributed by atoms with Crippen LogP contribution in [0.1, 0.15) is 17.9 Å². The number of carbonyl (C=O) groups is 1. The Balaban J connectivity index is 2.56. The van der Waals surface area contributed by atoms with Crippen LogP contribution in [-0.4, -0.2) is 12.5 Å². The van der Waals surface area contributed by atoms with Crippen LogP contribution in [0.3, 0.4) is 0 Å². The maximum absolute atomic E-state index is 11.5. The molecule has 1 unspecified atom stereocenters. The molecule has 0 heterocycles. The lowest BCUT2D eigenvalue weighted by Crippen LogP contribution is -2.27. The van der Waals surface area contributed by atoms with Crippen LogP contribution >= 0.6 is 11.6 Å². The number of nitrogens with one attached hydrogen (secondary N) is 1. The quantitative estimate of drug-likeness (QED) is 0.615. The molecule has 0 saturated heterocycles.